The first-order chi connectivity index (χ1) is 12.9. The number of carbonyl (C=O) groups is 2. The average Bonchev–Trinajstić information content (AvgIpc) is 2.92. The highest BCUT2D eigenvalue weighted by atomic mass is 16.6. The van der Waals surface area contributed by atoms with Gasteiger partial charge in [-0.05, 0) is 54.1 Å². The van der Waals surface area contributed by atoms with Crippen LogP contribution in [0, 0.1) is 23.7 Å². The van der Waals surface area contributed by atoms with Crippen LogP contribution < -0.4 is 5.32 Å². The molecule has 144 valence electrons. The second kappa shape index (κ2) is 5.98. The van der Waals surface area contributed by atoms with Crippen LogP contribution in [0.3, 0.4) is 0 Å². The lowest BCUT2D eigenvalue weighted by molar-refractivity contribution is -0.140. The summed E-state index contributed by atoms with van der Waals surface area (Å²) >= 11 is 0. The smallest absolute Gasteiger partial charge is 0.407 e. The van der Waals surface area contributed by atoms with E-state index in [0.29, 0.717) is 30.3 Å². The van der Waals surface area contributed by atoms with Gasteiger partial charge in [0.1, 0.15) is 6.61 Å². The lowest BCUT2D eigenvalue weighted by Gasteiger charge is -2.43. The molecule has 4 aliphatic rings. The fourth-order valence-corrected chi connectivity index (χ4v) is 5.63. The van der Waals surface area contributed by atoms with E-state index in [1.54, 1.807) is 0 Å². The first kappa shape index (κ1) is 17.1. The molecule has 5 heteroatoms. The number of hydrogen-bond donors (Lipinski definition) is 1. The van der Waals surface area contributed by atoms with E-state index in [4.69, 9.17) is 4.74 Å². The summed E-state index contributed by atoms with van der Waals surface area (Å²) < 4.78 is 5.01. The molecule has 0 aromatic heterocycles. The van der Waals surface area contributed by atoms with Gasteiger partial charge in [-0.15, -0.1) is 0 Å². The second-order valence-electron chi connectivity index (χ2n) is 9.53. The lowest BCUT2D eigenvalue weighted by atomic mass is 9.68. The van der Waals surface area contributed by atoms with Crippen LogP contribution in [0.25, 0.3) is 0 Å². The van der Waals surface area contributed by atoms with Crippen molar-refractivity contribution in [2.24, 2.45) is 23.7 Å². The summed E-state index contributed by atoms with van der Waals surface area (Å²) in [5.41, 5.74) is 2.63. The summed E-state index contributed by atoms with van der Waals surface area (Å²) in [5.74, 6) is 2.90. The molecule has 2 heterocycles. The quantitative estimate of drug-likeness (QED) is 0.889. The van der Waals surface area contributed by atoms with Gasteiger partial charge in [0.15, 0.2) is 0 Å². The Morgan fingerprint density at radius 1 is 1.30 bits per heavy atom. The molecule has 1 spiro atoms. The third-order valence-electron chi connectivity index (χ3n) is 6.96. The van der Waals surface area contributed by atoms with Crippen molar-refractivity contribution in [3.8, 4) is 0 Å². The average molecular weight is 368 g/mol. The van der Waals surface area contributed by atoms with Crippen molar-refractivity contribution in [2.75, 3.05) is 19.7 Å². The fraction of sp³-hybridized carbons (Fsp3) is 0.636. The number of nitrogens with one attached hydrogen (secondary N) is 1. The van der Waals surface area contributed by atoms with Gasteiger partial charge in [-0.2, -0.15) is 0 Å². The number of piperidine rings is 1. The predicted octanol–water partition coefficient (Wildman–Crippen LogP) is 2.95. The zero-order valence-corrected chi connectivity index (χ0v) is 16.1. The molecule has 2 aliphatic heterocycles. The van der Waals surface area contributed by atoms with Gasteiger partial charge < -0.3 is 15.0 Å². The molecule has 5 rings (SSSR count). The molecule has 1 aromatic rings. The Labute approximate surface area is 160 Å². The number of fused-ring (bicyclic) bond motifs is 1. The third kappa shape index (κ3) is 2.91. The number of rotatable bonds is 4. The molecule has 1 N–H and O–H groups in total. The standard InChI is InChI=1S/C22H28N2O3/c1-13(2)6-14-4-3-5-15(7-14)19-17-10-24(11-18(17)19)20(25)16-8-22(9-16)12-27-21(26)23-22/h3-5,7,13,16-19H,6,8-12H2,1-2H3,(H,23,26)/t16?,17-,18+,19-,22?. The van der Waals surface area contributed by atoms with E-state index in [1.807, 2.05) is 0 Å². The largest absolute Gasteiger partial charge is 0.447 e. The number of benzene rings is 1. The van der Waals surface area contributed by atoms with Crippen LogP contribution in [0.15, 0.2) is 24.3 Å². The maximum atomic E-state index is 12.8. The van der Waals surface area contributed by atoms with Crippen LogP contribution in [-0.2, 0) is 16.0 Å². The maximum absolute atomic E-state index is 12.8. The zero-order valence-electron chi connectivity index (χ0n) is 16.1. The minimum atomic E-state index is -0.342. The van der Waals surface area contributed by atoms with Crippen LogP contribution in [0.5, 0.6) is 0 Å². The monoisotopic (exact) mass is 368 g/mol. The van der Waals surface area contributed by atoms with Crippen molar-refractivity contribution in [1.29, 1.82) is 0 Å². The van der Waals surface area contributed by atoms with E-state index in [9.17, 15) is 9.59 Å². The number of carbonyl (C=O) groups excluding carboxylic acids is 2. The van der Waals surface area contributed by atoms with Gasteiger partial charge in [-0.25, -0.2) is 4.79 Å². The van der Waals surface area contributed by atoms with Gasteiger partial charge in [0, 0.05) is 19.0 Å². The van der Waals surface area contributed by atoms with Gasteiger partial charge in [-0.3, -0.25) is 4.79 Å². The summed E-state index contributed by atoms with van der Waals surface area (Å²) in [6, 6.07) is 9.07. The normalized spacial score (nSPS) is 36.4. The Balaban J connectivity index is 1.16. The molecular weight excluding hydrogens is 340 g/mol. The molecular formula is C22H28N2O3. The van der Waals surface area contributed by atoms with Crippen molar-refractivity contribution in [3.63, 3.8) is 0 Å². The van der Waals surface area contributed by atoms with Gasteiger partial charge in [0.25, 0.3) is 0 Å². The van der Waals surface area contributed by atoms with Gasteiger partial charge in [-0.1, -0.05) is 38.1 Å². The molecule has 2 saturated carbocycles. The highest BCUT2D eigenvalue weighted by molar-refractivity contribution is 5.82. The minimum absolute atomic E-state index is 0.0531. The first-order valence-corrected chi connectivity index (χ1v) is 10.3. The van der Waals surface area contributed by atoms with Crippen LogP contribution in [0.4, 0.5) is 4.79 Å². The van der Waals surface area contributed by atoms with Crippen LogP contribution in [0.2, 0.25) is 0 Å². The zero-order chi connectivity index (χ0) is 18.8. The molecule has 4 fully saturated rings. The molecule has 0 radical (unpaired) electrons. The summed E-state index contributed by atoms with van der Waals surface area (Å²) in [6.07, 6.45) is 2.24. The van der Waals surface area contributed by atoms with Crippen molar-refractivity contribution in [3.05, 3.63) is 35.4 Å². The highest BCUT2D eigenvalue weighted by Crippen LogP contribution is 2.58. The number of cyclic esters (lactones) is 1. The predicted molar refractivity (Wildman–Crippen MR) is 101 cm³/mol. The topological polar surface area (TPSA) is 58.6 Å². The Kier molecular flexibility index (Phi) is 3.78. The summed E-state index contributed by atoms with van der Waals surface area (Å²) in [4.78, 5) is 26.1. The maximum Gasteiger partial charge on any atom is 0.407 e. The Morgan fingerprint density at radius 3 is 2.67 bits per heavy atom. The number of ether oxygens (including phenoxy) is 1. The molecule has 3 atom stereocenters. The molecule has 2 saturated heterocycles. The van der Waals surface area contributed by atoms with E-state index >= 15 is 0 Å². The second-order valence-corrected chi connectivity index (χ2v) is 9.53. The molecule has 5 nitrogen and oxygen atoms in total. The Bertz CT molecular complexity index is 772. The minimum Gasteiger partial charge on any atom is -0.447 e. The molecule has 1 aromatic carbocycles. The van der Waals surface area contributed by atoms with E-state index in [2.05, 4.69) is 48.3 Å². The van der Waals surface area contributed by atoms with Crippen molar-refractivity contribution < 1.29 is 14.3 Å². The van der Waals surface area contributed by atoms with Gasteiger partial charge in [0.2, 0.25) is 5.91 Å². The molecule has 0 unspecified atom stereocenters. The first-order valence-electron chi connectivity index (χ1n) is 10.3. The van der Waals surface area contributed by atoms with Crippen LogP contribution >= 0.6 is 0 Å². The van der Waals surface area contributed by atoms with Crippen molar-refractivity contribution in [1.82, 2.24) is 10.2 Å². The molecule has 27 heavy (non-hydrogen) atoms. The molecule has 0 bridgehead atoms. The van der Waals surface area contributed by atoms with Crippen LogP contribution in [-0.4, -0.2) is 42.1 Å². The fourth-order valence-electron chi connectivity index (χ4n) is 5.63. The summed E-state index contributed by atoms with van der Waals surface area (Å²) in [6.45, 7) is 6.73. The number of nitrogens with zero attached hydrogens (tertiary/aromatic N) is 1. The number of amides is 2. The lowest BCUT2D eigenvalue weighted by Crippen LogP contribution is -2.58. The van der Waals surface area contributed by atoms with E-state index in [-0.39, 0.29) is 23.5 Å². The number of alkyl carbamates (subject to hydrolysis) is 1. The summed E-state index contributed by atoms with van der Waals surface area (Å²) in [5, 5.41) is 2.88. The summed E-state index contributed by atoms with van der Waals surface area (Å²) in [7, 11) is 0. The third-order valence-corrected chi connectivity index (χ3v) is 6.96. The van der Waals surface area contributed by atoms with Crippen LogP contribution in [0.1, 0.15) is 43.7 Å². The SMILES string of the molecule is CC(C)Cc1cccc([C@@H]2[C@@H]3CN(C(=O)C4CC5(COC(=O)N5)C4)C[C@@H]32)c1. The molecule has 2 amide bonds. The van der Waals surface area contributed by atoms with Gasteiger partial charge in [0.05, 0.1) is 5.54 Å². The van der Waals surface area contributed by atoms with Crippen molar-refractivity contribution >= 4 is 12.0 Å². The van der Waals surface area contributed by atoms with E-state index < -0.39 is 0 Å². The Hall–Kier alpha value is -2.04. The Morgan fingerprint density at radius 2 is 2.04 bits per heavy atom. The van der Waals surface area contributed by atoms with Gasteiger partial charge >= 0.3 is 6.09 Å². The highest BCUT2D eigenvalue weighted by Gasteiger charge is 2.59. The van der Waals surface area contributed by atoms with Crippen molar-refractivity contribution in [2.45, 2.75) is 44.6 Å². The van der Waals surface area contributed by atoms with E-state index in [1.165, 1.54) is 11.1 Å². The van der Waals surface area contributed by atoms with E-state index in [0.717, 1.165) is 32.4 Å². The number of likely N-dealkylation sites (tertiary alicyclic amines) is 1. The molecule has 2 aliphatic carbocycles. The number of hydrogen-bond acceptors (Lipinski definition) is 3.